The minimum absolute atomic E-state index is 0.381. The summed E-state index contributed by atoms with van der Waals surface area (Å²) in [6.45, 7) is 8.28. The molecule has 78 valence electrons. The number of hydrogen-bond acceptors (Lipinski definition) is 3. The van der Waals surface area contributed by atoms with Crippen molar-refractivity contribution in [3.63, 3.8) is 0 Å². The maximum atomic E-state index is 5.21. The largest absolute Gasteiger partial charge is 0.380 e. The summed E-state index contributed by atoms with van der Waals surface area (Å²) in [6.07, 6.45) is 0. The van der Waals surface area contributed by atoms with Crippen molar-refractivity contribution in [1.82, 2.24) is 5.32 Å². The smallest absolute Gasteiger partial charge is 0.0554 e. The quantitative estimate of drug-likeness (QED) is 0.824. The zero-order valence-corrected chi connectivity index (χ0v) is 9.62. The van der Waals surface area contributed by atoms with Crippen molar-refractivity contribution in [2.45, 2.75) is 20.4 Å². The van der Waals surface area contributed by atoms with Crippen LogP contribution in [0, 0.1) is 12.3 Å². The van der Waals surface area contributed by atoms with E-state index in [-0.39, 0.29) is 0 Å². The Morgan fingerprint density at radius 2 is 2.29 bits per heavy atom. The molecule has 2 nitrogen and oxygen atoms in total. The number of aryl methyl sites for hydroxylation is 1. The summed E-state index contributed by atoms with van der Waals surface area (Å²) < 4.78 is 5.21. The molecule has 0 aromatic carbocycles. The number of nitrogens with one attached hydrogen (secondary N) is 1. The zero-order valence-electron chi connectivity index (χ0n) is 8.80. The van der Waals surface area contributed by atoms with Gasteiger partial charge in [0.05, 0.1) is 13.2 Å². The molecule has 0 spiro atoms. The Bertz CT molecular complexity index is 304. The molecule has 1 aliphatic rings. The van der Waals surface area contributed by atoms with Crippen LogP contribution in [0.2, 0.25) is 0 Å². The molecule has 0 amide bonds. The molecule has 0 radical (unpaired) electrons. The van der Waals surface area contributed by atoms with E-state index in [4.69, 9.17) is 4.74 Å². The van der Waals surface area contributed by atoms with Gasteiger partial charge in [0.2, 0.25) is 0 Å². The first-order chi connectivity index (χ1) is 6.68. The van der Waals surface area contributed by atoms with Crippen LogP contribution in [0.4, 0.5) is 0 Å². The van der Waals surface area contributed by atoms with E-state index in [1.807, 2.05) is 11.3 Å². The van der Waals surface area contributed by atoms with Gasteiger partial charge in [0.25, 0.3) is 0 Å². The summed E-state index contributed by atoms with van der Waals surface area (Å²) >= 11 is 1.87. The van der Waals surface area contributed by atoms with Crippen LogP contribution in [0.25, 0.3) is 0 Å². The van der Waals surface area contributed by atoms with Crippen molar-refractivity contribution >= 4 is 11.3 Å². The molecular weight excluding hydrogens is 194 g/mol. The first-order valence-electron chi connectivity index (χ1n) is 5.02. The molecule has 14 heavy (non-hydrogen) atoms. The Balaban J connectivity index is 1.72. The van der Waals surface area contributed by atoms with Crippen molar-refractivity contribution in [3.8, 4) is 0 Å². The lowest BCUT2D eigenvalue weighted by molar-refractivity contribution is -0.0991. The molecule has 0 bridgehead atoms. The number of rotatable bonds is 4. The predicted molar refractivity (Wildman–Crippen MR) is 59.7 cm³/mol. The SMILES string of the molecule is Cc1ccc(CNCC2(C)COC2)s1. The van der Waals surface area contributed by atoms with Gasteiger partial charge in [-0.05, 0) is 19.1 Å². The third-order valence-electron chi connectivity index (χ3n) is 2.55. The Labute approximate surface area is 89.3 Å². The van der Waals surface area contributed by atoms with Crippen LogP contribution in [0.3, 0.4) is 0 Å². The van der Waals surface area contributed by atoms with Crippen LogP contribution in [0.5, 0.6) is 0 Å². The second-order valence-electron chi connectivity index (χ2n) is 4.42. The number of thiophene rings is 1. The van der Waals surface area contributed by atoms with Gasteiger partial charge >= 0.3 is 0 Å². The summed E-state index contributed by atoms with van der Waals surface area (Å²) in [4.78, 5) is 2.81. The van der Waals surface area contributed by atoms with E-state index in [9.17, 15) is 0 Å². The first kappa shape index (κ1) is 10.1. The summed E-state index contributed by atoms with van der Waals surface area (Å²) in [6, 6.07) is 4.38. The zero-order chi connectivity index (χ0) is 10.0. The predicted octanol–water partition coefficient (Wildman–Crippen LogP) is 2.18. The molecule has 0 aliphatic carbocycles. The van der Waals surface area contributed by atoms with Gasteiger partial charge in [0.1, 0.15) is 0 Å². The summed E-state index contributed by atoms with van der Waals surface area (Å²) in [5.74, 6) is 0. The Hall–Kier alpha value is -0.380. The second-order valence-corrected chi connectivity index (χ2v) is 5.79. The fourth-order valence-electron chi connectivity index (χ4n) is 1.62. The Morgan fingerprint density at radius 3 is 2.79 bits per heavy atom. The molecule has 1 N–H and O–H groups in total. The van der Waals surface area contributed by atoms with Gasteiger partial charge in [-0.25, -0.2) is 0 Å². The molecule has 1 saturated heterocycles. The summed E-state index contributed by atoms with van der Waals surface area (Å²) in [5.41, 5.74) is 0.381. The van der Waals surface area contributed by atoms with Crippen LogP contribution >= 0.6 is 11.3 Å². The van der Waals surface area contributed by atoms with Gasteiger partial charge in [0, 0.05) is 28.3 Å². The number of ether oxygens (including phenoxy) is 1. The highest BCUT2D eigenvalue weighted by Crippen LogP contribution is 2.25. The fraction of sp³-hybridized carbons (Fsp3) is 0.636. The third-order valence-corrected chi connectivity index (χ3v) is 3.55. The van der Waals surface area contributed by atoms with E-state index in [0.29, 0.717) is 5.41 Å². The molecule has 1 fully saturated rings. The van der Waals surface area contributed by atoms with Gasteiger partial charge in [0.15, 0.2) is 0 Å². The molecule has 0 saturated carbocycles. The van der Waals surface area contributed by atoms with Crippen molar-refractivity contribution < 1.29 is 4.74 Å². The van der Waals surface area contributed by atoms with E-state index >= 15 is 0 Å². The molecule has 0 atom stereocenters. The molecular formula is C11H17NOS. The summed E-state index contributed by atoms with van der Waals surface area (Å²) in [7, 11) is 0. The molecule has 1 aromatic heterocycles. The lowest BCUT2D eigenvalue weighted by Gasteiger charge is -2.38. The van der Waals surface area contributed by atoms with E-state index in [0.717, 1.165) is 26.3 Å². The lowest BCUT2D eigenvalue weighted by atomic mass is 9.89. The monoisotopic (exact) mass is 211 g/mol. The third kappa shape index (κ3) is 2.35. The summed E-state index contributed by atoms with van der Waals surface area (Å²) in [5, 5.41) is 3.49. The van der Waals surface area contributed by atoms with E-state index < -0.39 is 0 Å². The second kappa shape index (κ2) is 4.01. The van der Waals surface area contributed by atoms with E-state index in [1.165, 1.54) is 9.75 Å². The van der Waals surface area contributed by atoms with Crippen molar-refractivity contribution in [3.05, 3.63) is 21.9 Å². The van der Waals surface area contributed by atoms with Gasteiger partial charge in [-0.15, -0.1) is 11.3 Å². The minimum atomic E-state index is 0.381. The van der Waals surface area contributed by atoms with Gasteiger partial charge in [-0.1, -0.05) is 6.92 Å². The number of hydrogen-bond donors (Lipinski definition) is 1. The molecule has 1 aromatic rings. The normalized spacial score (nSPS) is 19.3. The van der Waals surface area contributed by atoms with Gasteiger partial charge in [-0.3, -0.25) is 0 Å². The van der Waals surface area contributed by atoms with Crippen LogP contribution in [0.1, 0.15) is 16.7 Å². The van der Waals surface area contributed by atoms with Gasteiger partial charge in [-0.2, -0.15) is 0 Å². The van der Waals surface area contributed by atoms with Crippen molar-refractivity contribution in [2.75, 3.05) is 19.8 Å². The van der Waals surface area contributed by atoms with Crippen LogP contribution < -0.4 is 5.32 Å². The van der Waals surface area contributed by atoms with E-state index in [2.05, 4.69) is 31.3 Å². The first-order valence-corrected chi connectivity index (χ1v) is 5.83. The molecule has 0 unspecified atom stereocenters. The fourth-order valence-corrected chi connectivity index (χ4v) is 2.48. The van der Waals surface area contributed by atoms with Crippen molar-refractivity contribution in [1.29, 1.82) is 0 Å². The highest BCUT2D eigenvalue weighted by Gasteiger charge is 2.32. The average Bonchev–Trinajstić information content (AvgIpc) is 2.49. The maximum Gasteiger partial charge on any atom is 0.0554 e. The highest BCUT2D eigenvalue weighted by molar-refractivity contribution is 7.11. The average molecular weight is 211 g/mol. The minimum Gasteiger partial charge on any atom is -0.380 e. The molecule has 2 heterocycles. The van der Waals surface area contributed by atoms with Crippen LogP contribution in [-0.2, 0) is 11.3 Å². The maximum absolute atomic E-state index is 5.21. The van der Waals surface area contributed by atoms with E-state index in [1.54, 1.807) is 0 Å². The standard InChI is InChI=1S/C11H17NOS/c1-9-3-4-10(14-9)5-12-6-11(2)7-13-8-11/h3-4,12H,5-8H2,1-2H3. The highest BCUT2D eigenvalue weighted by atomic mass is 32.1. The molecule has 3 heteroatoms. The van der Waals surface area contributed by atoms with Crippen LogP contribution in [-0.4, -0.2) is 19.8 Å². The topological polar surface area (TPSA) is 21.3 Å². The Kier molecular flexibility index (Phi) is 2.91. The van der Waals surface area contributed by atoms with Crippen LogP contribution in [0.15, 0.2) is 12.1 Å². The molecule has 1 aliphatic heterocycles. The lowest BCUT2D eigenvalue weighted by Crippen LogP contribution is -2.47. The van der Waals surface area contributed by atoms with Gasteiger partial charge < -0.3 is 10.1 Å². The van der Waals surface area contributed by atoms with Crippen molar-refractivity contribution in [2.24, 2.45) is 5.41 Å². The molecule has 2 rings (SSSR count). The Morgan fingerprint density at radius 1 is 1.50 bits per heavy atom.